The van der Waals surface area contributed by atoms with Crippen molar-refractivity contribution in [3.8, 4) is 0 Å². The van der Waals surface area contributed by atoms with Crippen molar-refractivity contribution in [3.63, 3.8) is 0 Å². The summed E-state index contributed by atoms with van der Waals surface area (Å²) < 4.78 is 5.94. The Balaban J connectivity index is 1.73. The molecule has 1 atom stereocenters. The maximum absolute atomic E-state index is 5.94. The summed E-state index contributed by atoms with van der Waals surface area (Å²) in [5.41, 5.74) is 3.68. The molecule has 1 fully saturated rings. The van der Waals surface area contributed by atoms with Gasteiger partial charge in [0.1, 0.15) is 0 Å². The fourth-order valence-corrected chi connectivity index (χ4v) is 4.80. The van der Waals surface area contributed by atoms with Gasteiger partial charge < -0.3 is 4.74 Å². The van der Waals surface area contributed by atoms with Crippen LogP contribution in [0.15, 0.2) is 23.7 Å². The second-order valence-electron chi connectivity index (χ2n) is 8.44. The van der Waals surface area contributed by atoms with Crippen LogP contribution in [-0.2, 0) is 16.7 Å². The lowest BCUT2D eigenvalue weighted by Gasteiger charge is -2.38. The lowest BCUT2D eigenvalue weighted by molar-refractivity contribution is 0.0384. The van der Waals surface area contributed by atoms with Crippen LogP contribution in [0.3, 0.4) is 0 Å². The Morgan fingerprint density at radius 2 is 2.07 bits per heavy atom. The molecule has 2 aromatic rings. The Bertz CT molecular complexity index is 740. The van der Waals surface area contributed by atoms with Gasteiger partial charge in [-0.2, -0.15) is 0 Å². The maximum Gasteiger partial charge on any atom is 0.0928 e. The van der Waals surface area contributed by atoms with Crippen molar-refractivity contribution in [3.05, 3.63) is 45.7 Å². The number of ether oxygens (including phenoxy) is 1. The molecule has 4 nitrogen and oxygen atoms in total. The van der Waals surface area contributed by atoms with E-state index in [1.165, 1.54) is 17.0 Å². The summed E-state index contributed by atoms with van der Waals surface area (Å²) in [5.74, 6) is 0. The van der Waals surface area contributed by atoms with Gasteiger partial charge in [0.15, 0.2) is 0 Å². The molecular formula is C22H33N3OS. The monoisotopic (exact) mass is 387 g/mol. The molecule has 0 aliphatic carbocycles. The average molecular weight is 388 g/mol. The second-order valence-corrected chi connectivity index (χ2v) is 9.38. The number of thiazole rings is 1. The highest BCUT2D eigenvalue weighted by atomic mass is 32.1. The first kappa shape index (κ1) is 20.4. The molecular weight excluding hydrogens is 354 g/mol. The van der Waals surface area contributed by atoms with E-state index < -0.39 is 0 Å². The van der Waals surface area contributed by atoms with Crippen molar-refractivity contribution < 1.29 is 4.74 Å². The molecule has 3 heterocycles. The minimum absolute atomic E-state index is 0.0214. The Hall–Kier alpha value is -1.30. The molecule has 27 heavy (non-hydrogen) atoms. The van der Waals surface area contributed by atoms with Gasteiger partial charge in [-0.15, -0.1) is 11.3 Å². The van der Waals surface area contributed by atoms with Crippen molar-refractivity contribution >= 4 is 11.3 Å². The van der Waals surface area contributed by atoms with Crippen LogP contribution in [0.2, 0.25) is 0 Å². The SMILES string of the molecule is CCOC[C@@]1(CCc2nc(C)cs2)CCN(C(C)(C)c2ccc(C)nc2)C1. The van der Waals surface area contributed by atoms with Gasteiger partial charge >= 0.3 is 0 Å². The summed E-state index contributed by atoms with van der Waals surface area (Å²) in [5, 5.41) is 3.41. The summed E-state index contributed by atoms with van der Waals surface area (Å²) in [6.45, 7) is 14.6. The molecule has 3 rings (SSSR count). The molecule has 0 unspecified atom stereocenters. The van der Waals surface area contributed by atoms with Crippen molar-refractivity contribution in [2.75, 3.05) is 26.3 Å². The molecule has 0 bridgehead atoms. The summed E-state index contributed by atoms with van der Waals surface area (Å²) in [4.78, 5) is 11.8. The van der Waals surface area contributed by atoms with E-state index in [1.54, 1.807) is 11.3 Å². The second kappa shape index (κ2) is 8.38. The molecule has 0 spiro atoms. The van der Waals surface area contributed by atoms with E-state index in [2.05, 4.69) is 60.1 Å². The highest BCUT2D eigenvalue weighted by molar-refractivity contribution is 7.09. The number of aromatic nitrogens is 2. The van der Waals surface area contributed by atoms with Crippen LogP contribution in [0.25, 0.3) is 0 Å². The molecule has 0 amide bonds. The Morgan fingerprint density at radius 3 is 2.70 bits per heavy atom. The number of rotatable bonds is 8. The number of likely N-dealkylation sites (tertiary alicyclic amines) is 1. The van der Waals surface area contributed by atoms with Crippen LogP contribution in [-0.4, -0.2) is 41.2 Å². The van der Waals surface area contributed by atoms with Gasteiger partial charge in [0, 0.05) is 47.1 Å². The highest BCUT2D eigenvalue weighted by Crippen LogP contribution is 2.41. The molecule has 2 aromatic heterocycles. The Kier molecular flexibility index (Phi) is 6.34. The molecule has 1 aliphatic rings. The van der Waals surface area contributed by atoms with Crippen molar-refractivity contribution in [2.24, 2.45) is 5.41 Å². The van der Waals surface area contributed by atoms with Crippen molar-refractivity contribution in [1.29, 1.82) is 0 Å². The third kappa shape index (κ3) is 4.76. The number of hydrogen-bond donors (Lipinski definition) is 0. The molecule has 148 valence electrons. The van der Waals surface area contributed by atoms with E-state index >= 15 is 0 Å². The van der Waals surface area contributed by atoms with E-state index in [-0.39, 0.29) is 11.0 Å². The standard InChI is InChI=1S/C22H33N3OS/c1-6-26-16-22(10-9-20-24-18(3)14-27-20)11-12-25(15-22)21(4,5)19-8-7-17(2)23-13-19/h7-8,13-14H,6,9-12,15-16H2,1-5H3/t22-/m0/s1. The largest absolute Gasteiger partial charge is 0.381 e. The third-order valence-corrected chi connectivity index (χ3v) is 7.02. The smallest absolute Gasteiger partial charge is 0.0928 e. The fourth-order valence-electron chi connectivity index (χ4n) is 4.03. The van der Waals surface area contributed by atoms with Gasteiger partial charge in [-0.25, -0.2) is 4.98 Å². The zero-order valence-corrected chi connectivity index (χ0v) is 18.2. The number of aryl methyl sites for hydroxylation is 3. The molecule has 1 aliphatic heterocycles. The normalized spacial score (nSPS) is 21.1. The topological polar surface area (TPSA) is 38.2 Å². The van der Waals surface area contributed by atoms with Gasteiger partial charge in [0.05, 0.1) is 11.6 Å². The van der Waals surface area contributed by atoms with Gasteiger partial charge in [-0.1, -0.05) is 6.07 Å². The number of nitrogens with zero attached hydrogens (tertiary/aromatic N) is 3. The van der Waals surface area contributed by atoms with Gasteiger partial charge in [0.2, 0.25) is 0 Å². The summed E-state index contributed by atoms with van der Waals surface area (Å²) >= 11 is 1.79. The van der Waals surface area contributed by atoms with Crippen LogP contribution in [0, 0.1) is 19.3 Å². The van der Waals surface area contributed by atoms with Crippen molar-refractivity contribution in [1.82, 2.24) is 14.9 Å². The van der Waals surface area contributed by atoms with Gasteiger partial charge in [0.25, 0.3) is 0 Å². The van der Waals surface area contributed by atoms with Crippen LogP contribution in [0.4, 0.5) is 0 Å². The van der Waals surface area contributed by atoms with Gasteiger partial charge in [-0.05, 0) is 72.1 Å². The fraction of sp³-hybridized carbons (Fsp3) is 0.636. The van der Waals surface area contributed by atoms with Crippen molar-refractivity contribution in [2.45, 2.75) is 59.4 Å². The minimum atomic E-state index is -0.0214. The number of hydrogen-bond acceptors (Lipinski definition) is 5. The predicted molar refractivity (Wildman–Crippen MR) is 112 cm³/mol. The third-order valence-electron chi connectivity index (χ3n) is 5.99. The Morgan fingerprint density at radius 1 is 1.26 bits per heavy atom. The lowest BCUT2D eigenvalue weighted by Crippen LogP contribution is -2.42. The van der Waals surface area contributed by atoms with E-state index in [4.69, 9.17) is 4.74 Å². The lowest BCUT2D eigenvalue weighted by atomic mass is 9.83. The van der Waals surface area contributed by atoms with E-state index in [1.807, 2.05) is 13.1 Å². The van der Waals surface area contributed by atoms with Crippen LogP contribution >= 0.6 is 11.3 Å². The van der Waals surface area contributed by atoms with E-state index in [0.717, 1.165) is 50.5 Å². The molecule has 0 radical (unpaired) electrons. The molecule has 5 heteroatoms. The molecule has 0 aromatic carbocycles. The van der Waals surface area contributed by atoms with Crippen LogP contribution in [0.5, 0.6) is 0 Å². The zero-order valence-electron chi connectivity index (χ0n) is 17.4. The molecule has 0 N–H and O–H groups in total. The molecule has 1 saturated heterocycles. The first-order valence-electron chi connectivity index (χ1n) is 10.0. The first-order valence-corrected chi connectivity index (χ1v) is 10.9. The molecule has 0 saturated carbocycles. The van der Waals surface area contributed by atoms with E-state index in [9.17, 15) is 0 Å². The van der Waals surface area contributed by atoms with Gasteiger partial charge in [-0.3, -0.25) is 9.88 Å². The minimum Gasteiger partial charge on any atom is -0.381 e. The summed E-state index contributed by atoms with van der Waals surface area (Å²) in [7, 11) is 0. The maximum atomic E-state index is 5.94. The Labute approximate surface area is 168 Å². The average Bonchev–Trinajstić information content (AvgIpc) is 3.26. The predicted octanol–water partition coefficient (Wildman–Crippen LogP) is 4.75. The van der Waals surface area contributed by atoms with Crippen LogP contribution in [0.1, 0.15) is 55.6 Å². The summed E-state index contributed by atoms with van der Waals surface area (Å²) in [6.07, 6.45) is 5.40. The number of pyridine rings is 1. The van der Waals surface area contributed by atoms with E-state index in [0.29, 0.717) is 0 Å². The summed E-state index contributed by atoms with van der Waals surface area (Å²) in [6, 6.07) is 4.34. The van der Waals surface area contributed by atoms with Crippen LogP contribution < -0.4 is 0 Å². The zero-order chi connectivity index (χ0) is 19.5. The quantitative estimate of drug-likeness (QED) is 0.655. The first-order chi connectivity index (χ1) is 12.8. The highest BCUT2D eigenvalue weighted by Gasteiger charge is 2.43.